The number of carbonyl (C=O) groups excluding carboxylic acids is 1. The molecule has 0 N–H and O–H groups in total. The number of hydrogen-bond donors (Lipinski definition) is 0. The Morgan fingerprint density at radius 3 is 2.68 bits per heavy atom. The summed E-state index contributed by atoms with van der Waals surface area (Å²) in [5, 5.41) is 0. The molecular formula is C24H23NO3. The van der Waals surface area contributed by atoms with Crippen molar-refractivity contribution in [2.45, 2.75) is 20.5 Å². The summed E-state index contributed by atoms with van der Waals surface area (Å²) in [7, 11) is 1.64. The maximum Gasteiger partial charge on any atom is 0.187 e. The highest BCUT2D eigenvalue weighted by molar-refractivity contribution is 6.06. The summed E-state index contributed by atoms with van der Waals surface area (Å²) < 4.78 is 11.5. The van der Waals surface area contributed by atoms with Gasteiger partial charge in [0.25, 0.3) is 0 Å². The molecule has 0 aliphatic carbocycles. The van der Waals surface area contributed by atoms with E-state index < -0.39 is 0 Å². The van der Waals surface area contributed by atoms with Gasteiger partial charge in [0.05, 0.1) is 7.11 Å². The number of nitrogens with zero attached hydrogens (tertiary/aromatic N) is 1. The van der Waals surface area contributed by atoms with Gasteiger partial charge in [-0.3, -0.25) is 9.78 Å². The summed E-state index contributed by atoms with van der Waals surface area (Å²) in [5.41, 5.74) is 4.61. The summed E-state index contributed by atoms with van der Waals surface area (Å²) >= 11 is 0. The number of aromatic nitrogens is 1. The number of rotatable bonds is 7. The average molecular weight is 373 g/mol. The third kappa shape index (κ3) is 4.86. The van der Waals surface area contributed by atoms with E-state index in [0.29, 0.717) is 12.2 Å². The third-order valence-electron chi connectivity index (χ3n) is 4.40. The normalized spacial score (nSPS) is 10.8. The van der Waals surface area contributed by atoms with E-state index in [0.717, 1.165) is 33.8 Å². The summed E-state index contributed by atoms with van der Waals surface area (Å²) in [4.78, 5) is 16.2. The minimum Gasteiger partial charge on any atom is -0.496 e. The largest absolute Gasteiger partial charge is 0.496 e. The molecule has 0 radical (unpaired) electrons. The number of carbonyl (C=O) groups is 1. The molecule has 0 aliphatic rings. The predicted molar refractivity (Wildman–Crippen MR) is 111 cm³/mol. The van der Waals surface area contributed by atoms with Crippen molar-refractivity contribution >= 4 is 11.9 Å². The number of benzene rings is 2. The topological polar surface area (TPSA) is 48.4 Å². The molecule has 4 heteroatoms. The highest BCUT2D eigenvalue weighted by atomic mass is 16.5. The highest BCUT2D eigenvalue weighted by Gasteiger charge is 2.07. The van der Waals surface area contributed by atoms with E-state index in [9.17, 15) is 4.79 Å². The van der Waals surface area contributed by atoms with Crippen molar-refractivity contribution in [3.05, 3.63) is 94.8 Å². The van der Waals surface area contributed by atoms with Gasteiger partial charge in [-0.1, -0.05) is 24.3 Å². The highest BCUT2D eigenvalue weighted by Crippen LogP contribution is 2.25. The van der Waals surface area contributed by atoms with Crippen molar-refractivity contribution < 1.29 is 14.3 Å². The van der Waals surface area contributed by atoms with E-state index in [1.165, 1.54) is 0 Å². The lowest BCUT2D eigenvalue weighted by atomic mass is 10.1. The first-order valence-corrected chi connectivity index (χ1v) is 9.06. The minimum atomic E-state index is -0.0860. The zero-order chi connectivity index (χ0) is 19.9. The average Bonchev–Trinajstić information content (AvgIpc) is 2.73. The number of ether oxygens (including phenoxy) is 2. The van der Waals surface area contributed by atoms with Crippen LogP contribution < -0.4 is 9.47 Å². The molecule has 0 bridgehead atoms. The van der Waals surface area contributed by atoms with Crippen molar-refractivity contribution in [3.8, 4) is 11.5 Å². The van der Waals surface area contributed by atoms with Gasteiger partial charge in [0.1, 0.15) is 18.1 Å². The van der Waals surface area contributed by atoms with E-state index in [4.69, 9.17) is 9.47 Å². The van der Waals surface area contributed by atoms with Gasteiger partial charge in [-0.05, 0) is 66.9 Å². The lowest BCUT2D eigenvalue weighted by Crippen LogP contribution is -2.01. The van der Waals surface area contributed by atoms with Crippen molar-refractivity contribution in [2.24, 2.45) is 0 Å². The fourth-order valence-corrected chi connectivity index (χ4v) is 2.81. The first-order chi connectivity index (χ1) is 13.6. The van der Waals surface area contributed by atoms with E-state index >= 15 is 0 Å². The van der Waals surface area contributed by atoms with Crippen LogP contribution in [0, 0.1) is 13.8 Å². The summed E-state index contributed by atoms with van der Waals surface area (Å²) in [6.07, 6.45) is 6.54. The number of allylic oxidation sites excluding steroid dienone is 1. The summed E-state index contributed by atoms with van der Waals surface area (Å²) in [6, 6.07) is 15.4. The molecule has 2 aromatic carbocycles. The van der Waals surface area contributed by atoms with Gasteiger partial charge in [0.15, 0.2) is 5.78 Å². The number of ketones is 1. The number of hydrogen-bond acceptors (Lipinski definition) is 4. The zero-order valence-electron chi connectivity index (χ0n) is 16.3. The molecular weight excluding hydrogens is 350 g/mol. The Labute approximate surface area is 165 Å². The van der Waals surface area contributed by atoms with Crippen LogP contribution in [0.15, 0.2) is 67.0 Å². The molecule has 1 heterocycles. The van der Waals surface area contributed by atoms with Gasteiger partial charge in [-0.2, -0.15) is 0 Å². The second-order valence-corrected chi connectivity index (χ2v) is 6.57. The fraction of sp³-hybridized carbons (Fsp3) is 0.167. The summed E-state index contributed by atoms with van der Waals surface area (Å²) in [5.74, 6) is 1.52. The van der Waals surface area contributed by atoms with E-state index in [-0.39, 0.29) is 5.78 Å². The second-order valence-electron chi connectivity index (χ2n) is 6.57. The molecule has 0 aliphatic heterocycles. The van der Waals surface area contributed by atoms with Crippen LogP contribution in [0.4, 0.5) is 0 Å². The van der Waals surface area contributed by atoms with Gasteiger partial charge in [0.2, 0.25) is 0 Å². The molecule has 0 unspecified atom stereocenters. The molecule has 0 atom stereocenters. The molecule has 0 saturated carbocycles. The first-order valence-electron chi connectivity index (χ1n) is 9.06. The van der Waals surface area contributed by atoms with E-state index in [2.05, 4.69) is 11.1 Å². The van der Waals surface area contributed by atoms with Crippen LogP contribution in [0.1, 0.15) is 32.6 Å². The molecule has 3 aromatic rings. The third-order valence-corrected chi connectivity index (χ3v) is 4.40. The van der Waals surface area contributed by atoms with Gasteiger partial charge in [-0.25, -0.2) is 0 Å². The van der Waals surface area contributed by atoms with Crippen molar-refractivity contribution in [2.75, 3.05) is 7.11 Å². The molecule has 0 fully saturated rings. The standard InChI is InChI=1S/C24H23NO3/c1-17-6-7-18(2)24(13-17)28-16-21-14-19(9-11-23(21)27-3)8-10-22(26)20-5-4-12-25-15-20/h4-15H,16H2,1-3H3/b10-8+. The maximum absolute atomic E-state index is 12.2. The van der Waals surface area contributed by atoms with Crippen molar-refractivity contribution in [3.63, 3.8) is 0 Å². The number of pyridine rings is 1. The van der Waals surface area contributed by atoms with Gasteiger partial charge >= 0.3 is 0 Å². The van der Waals surface area contributed by atoms with Crippen LogP contribution in [0.3, 0.4) is 0 Å². The SMILES string of the molecule is COc1ccc(/C=C/C(=O)c2cccnc2)cc1COc1cc(C)ccc1C. The van der Waals surface area contributed by atoms with Crippen LogP contribution in [0.2, 0.25) is 0 Å². The van der Waals surface area contributed by atoms with Gasteiger partial charge in [-0.15, -0.1) is 0 Å². The quantitative estimate of drug-likeness (QED) is 0.423. The molecule has 0 spiro atoms. The lowest BCUT2D eigenvalue weighted by Gasteiger charge is -2.13. The minimum absolute atomic E-state index is 0.0860. The Morgan fingerprint density at radius 2 is 1.93 bits per heavy atom. The Balaban J connectivity index is 1.77. The fourth-order valence-electron chi connectivity index (χ4n) is 2.81. The molecule has 0 amide bonds. The number of aryl methyl sites for hydroxylation is 2. The molecule has 0 saturated heterocycles. The molecule has 4 nitrogen and oxygen atoms in total. The van der Waals surface area contributed by atoms with Crippen LogP contribution in [0.25, 0.3) is 6.08 Å². The smallest absolute Gasteiger partial charge is 0.187 e. The molecule has 1 aromatic heterocycles. The summed E-state index contributed by atoms with van der Waals surface area (Å²) in [6.45, 7) is 4.44. The first kappa shape index (κ1) is 19.4. The molecule has 3 rings (SSSR count). The van der Waals surface area contributed by atoms with Crippen LogP contribution in [0.5, 0.6) is 11.5 Å². The van der Waals surface area contributed by atoms with Gasteiger partial charge in [0, 0.05) is 23.5 Å². The maximum atomic E-state index is 12.2. The molecule has 28 heavy (non-hydrogen) atoms. The van der Waals surface area contributed by atoms with E-state index in [1.807, 2.05) is 44.2 Å². The second kappa shape index (κ2) is 9.00. The Bertz CT molecular complexity index is 994. The van der Waals surface area contributed by atoms with Crippen LogP contribution in [-0.4, -0.2) is 17.9 Å². The van der Waals surface area contributed by atoms with Crippen molar-refractivity contribution in [1.29, 1.82) is 0 Å². The Kier molecular flexibility index (Phi) is 6.22. The van der Waals surface area contributed by atoms with Gasteiger partial charge < -0.3 is 9.47 Å². The lowest BCUT2D eigenvalue weighted by molar-refractivity contribution is 0.104. The van der Waals surface area contributed by atoms with Crippen molar-refractivity contribution in [1.82, 2.24) is 4.98 Å². The monoisotopic (exact) mass is 373 g/mol. The van der Waals surface area contributed by atoms with E-state index in [1.54, 1.807) is 43.8 Å². The Hall–Kier alpha value is -3.40. The number of methoxy groups -OCH3 is 1. The molecule has 142 valence electrons. The zero-order valence-corrected chi connectivity index (χ0v) is 16.3. The predicted octanol–water partition coefficient (Wildman–Crippen LogP) is 5.18. The van der Waals surface area contributed by atoms with Crippen LogP contribution >= 0.6 is 0 Å². The van der Waals surface area contributed by atoms with Crippen LogP contribution in [-0.2, 0) is 6.61 Å². The Morgan fingerprint density at radius 1 is 1.07 bits per heavy atom.